The van der Waals surface area contributed by atoms with Crippen LogP contribution in [-0.4, -0.2) is 27.2 Å². The van der Waals surface area contributed by atoms with E-state index in [-0.39, 0.29) is 11.7 Å². The van der Waals surface area contributed by atoms with Gasteiger partial charge in [0, 0.05) is 25.8 Å². The van der Waals surface area contributed by atoms with Crippen molar-refractivity contribution in [3.63, 3.8) is 0 Å². The second-order valence-electron chi connectivity index (χ2n) is 5.81. The van der Waals surface area contributed by atoms with Gasteiger partial charge in [0.1, 0.15) is 5.75 Å². The van der Waals surface area contributed by atoms with E-state index in [0.29, 0.717) is 19.7 Å². The van der Waals surface area contributed by atoms with Crippen LogP contribution in [0.15, 0.2) is 48.5 Å². The molecule has 0 amide bonds. The molecular formula is C19H21N5O2. The van der Waals surface area contributed by atoms with Gasteiger partial charge in [0.05, 0.1) is 29.4 Å². The molecule has 4 N–H and O–H groups in total. The van der Waals surface area contributed by atoms with Crippen LogP contribution in [0.2, 0.25) is 0 Å². The number of benzene rings is 1. The molecule has 3 aromatic rings. The van der Waals surface area contributed by atoms with Crippen LogP contribution >= 0.6 is 0 Å². The molecule has 0 bridgehead atoms. The first-order valence-corrected chi connectivity index (χ1v) is 8.21. The molecule has 134 valence electrons. The minimum Gasteiger partial charge on any atom is -0.508 e. The molecule has 7 nitrogen and oxygen atoms in total. The van der Waals surface area contributed by atoms with Crippen LogP contribution in [0, 0.1) is 0 Å². The lowest BCUT2D eigenvalue weighted by atomic mass is 10.1. The van der Waals surface area contributed by atoms with Gasteiger partial charge in [-0.25, -0.2) is 9.97 Å². The number of nitrogens with two attached hydrogens (primary N) is 1. The summed E-state index contributed by atoms with van der Waals surface area (Å²) in [4.78, 5) is 13.0. The second kappa shape index (κ2) is 8.37. The summed E-state index contributed by atoms with van der Waals surface area (Å²) in [5.74, 6) is 0.460. The van der Waals surface area contributed by atoms with Gasteiger partial charge in [0.25, 0.3) is 0 Å². The van der Waals surface area contributed by atoms with Crippen molar-refractivity contribution in [3.05, 3.63) is 65.6 Å². The molecule has 0 saturated carbocycles. The number of nitrogens with zero attached hydrogens (tertiary/aromatic N) is 3. The maximum absolute atomic E-state index is 9.62. The SMILES string of the molecule is COCc1cc(CNCc2cccc(-c3cccc(O)c3)n2)nc(N)n1. The van der Waals surface area contributed by atoms with E-state index in [1.54, 1.807) is 25.3 Å². The van der Waals surface area contributed by atoms with Gasteiger partial charge in [-0.1, -0.05) is 18.2 Å². The molecule has 3 rings (SSSR count). The number of anilines is 1. The summed E-state index contributed by atoms with van der Waals surface area (Å²) in [6.07, 6.45) is 0. The molecule has 0 aliphatic carbocycles. The average molecular weight is 351 g/mol. The van der Waals surface area contributed by atoms with Crippen LogP contribution in [0.5, 0.6) is 5.75 Å². The highest BCUT2D eigenvalue weighted by molar-refractivity contribution is 5.61. The zero-order valence-electron chi connectivity index (χ0n) is 14.5. The number of methoxy groups -OCH3 is 1. The zero-order valence-corrected chi connectivity index (χ0v) is 14.5. The lowest BCUT2D eigenvalue weighted by Gasteiger charge is -2.08. The van der Waals surface area contributed by atoms with E-state index in [1.165, 1.54) is 0 Å². The fraction of sp³-hybridized carbons (Fsp3) is 0.211. The van der Waals surface area contributed by atoms with Gasteiger partial charge in [-0.2, -0.15) is 0 Å². The largest absolute Gasteiger partial charge is 0.508 e. The Hall–Kier alpha value is -3.03. The molecule has 7 heteroatoms. The number of ether oxygens (including phenoxy) is 1. The lowest BCUT2D eigenvalue weighted by molar-refractivity contribution is 0.181. The molecule has 0 aliphatic heterocycles. The number of aromatic nitrogens is 3. The number of pyridine rings is 1. The van der Waals surface area contributed by atoms with Gasteiger partial charge in [-0.05, 0) is 30.3 Å². The van der Waals surface area contributed by atoms with E-state index >= 15 is 0 Å². The van der Waals surface area contributed by atoms with E-state index in [0.717, 1.165) is 28.3 Å². The number of nitrogens with one attached hydrogen (secondary N) is 1. The summed E-state index contributed by atoms with van der Waals surface area (Å²) >= 11 is 0. The molecule has 0 fully saturated rings. The first-order chi connectivity index (χ1) is 12.6. The van der Waals surface area contributed by atoms with Crippen LogP contribution in [0.1, 0.15) is 17.1 Å². The van der Waals surface area contributed by atoms with Gasteiger partial charge in [-0.15, -0.1) is 0 Å². The van der Waals surface area contributed by atoms with Crippen molar-refractivity contribution in [2.24, 2.45) is 0 Å². The van der Waals surface area contributed by atoms with Crippen LogP contribution in [0.4, 0.5) is 5.95 Å². The Morgan fingerprint density at radius 1 is 0.962 bits per heavy atom. The Balaban J connectivity index is 1.65. The molecule has 0 saturated heterocycles. The maximum Gasteiger partial charge on any atom is 0.220 e. The third kappa shape index (κ3) is 4.75. The fourth-order valence-electron chi connectivity index (χ4n) is 2.61. The van der Waals surface area contributed by atoms with Crippen molar-refractivity contribution in [2.45, 2.75) is 19.7 Å². The van der Waals surface area contributed by atoms with Gasteiger partial charge < -0.3 is 20.9 Å². The smallest absolute Gasteiger partial charge is 0.220 e. The van der Waals surface area contributed by atoms with Gasteiger partial charge >= 0.3 is 0 Å². The molecule has 0 atom stereocenters. The number of hydrogen-bond donors (Lipinski definition) is 3. The van der Waals surface area contributed by atoms with Crippen LogP contribution in [0.25, 0.3) is 11.3 Å². The normalized spacial score (nSPS) is 10.8. The van der Waals surface area contributed by atoms with Crippen LogP contribution < -0.4 is 11.1 Å². The predicted molar refractivity (Wildman–Crippen MR) is 99.0 cm³/mol. The third-order valence-corrected chi connectivity index (χ3v) is 3.70. The number of aromatic hydroxyl groups is 1. The monoisotopic (exact) mass is 351 g/mol. The molecule has 0 spiro atoms. The van der Waals surface area contributed by atoms with Crippen molar-refractivity contribution < 1.29 is 9.84 Å². The molecule has 0 aliphatic rings. The summed E-state index contributed by atoms with van der Waals surface area (Å²) in [7, 11) is 1.61. The van der Waals surface area contributed by atoms with Crippen molar-refractivity contribution in [2.75, 3.05) is 12.8 Å². The first kappa shape index (κ1) is 17.8. The molecule has 0 unspecified atom stereocenters. The summed E-state index contributed by atoms with van der Waals surface area (Å²) in [6.45, 7) is 1.52. The lowest BCUT2D eigenvalue weighted by Crippen LogP contribution is -2.16. The summed E-state index contributed by atoms with van der Waals surface area (Å²) < 4.78 is 5.08. The summed E-state index contributed by atoms with van der Waals surface area (Å²) in [5.41, 5.74) is 9.86. The Morgan fingerprint density at radius 3 is 2.54 bits per heavy atom. The highest BCUT2D eigenvalue weighted by atomic mass is 16.5. The summed E-state index contributed by atoms with van der Waals surface area (Å²) in [5, 5.41) is 12.9. The first-order valence-electron chi connectivity index (χ1n) is 8.21. The van der Waals surface area contributed by atoms with Crippen molar-refractivity contribution in [1.82, 2.24) is 20.3 Å². The predicted octanol–water partition coefficient (Wildman–Crippen LogP) is 2.26. The molecule has 2 aromatic heterocycles. The maximum atomic E-state index is 9.62. The van der Waals surface area contributed by atoms with Gasteiger partial charge in [0.15, 0.2) is 0 Å². The molecule has 0 radical (unpaired) electrons. The van der Waals surface area contributed by atoms with Gasteiger partial charge in [-0.3, -0.25) is 4.98 Å². The molecular weight excluding hydrogens is 330 g/mol. The number of rotatable bonds is 7. The average Bonchev–Trinajstić information content (AvgIpc) is 2.62. The summed E-state index contributed by atoms with van der Waals surface area (Å²) in [6, 6.07) is 14.7. The van der Waals surface area contributed by atoms with Crippen molar-refractivity contribution in [3.8, 4) is 17.0 Å². The Morgan fingerprint density at radius 2 is 1.73 bits per heavy atom. The fourth-order valence-corrected chi connectivity index (χ4v) is 2.61. The molecule has 26 heavy (non-hydrogen) atoms. The van der Waals surface area contributed by atoms with E-state index in [2.05, 4.69) is 20.3 Å². The van der Waals surface area contributed by atoms with Crippen molar-refractivity contribution >= 4 is 5.95 Å². The Kier molecular flexibility index (Phi) is 5.73. The topological polar surface area (TPSA) is 106 Å². The van der Waals surface area contributed by atoms with E-state index in [9.17, 15) is 5.11 Å². The molecule has 1 aromatic carbocycles. The van der Waals surface area contributed by atoms with Crippen LogP contribution in [-0.2, 0) is 24.4 Å². The van der Waals surface area contributed by atoms with Crippen molar-refractivity contribution in [1.29, 1.82) is 0 Å². The second-order valence-corrected chi connectivity index (χ2v) is 5.81. The zero-order chi connectivity index (χ0) is 18.4. The number of phenolic OH excluding ortho intramolecular Hbond substituents is 1. The highest BCUT2D eigenvalue weighted by Crippen LogP contribution is 2.21. The van der Waals surface area contributed by atoms with E-state index in [1.807, 2.05) is 30.3 Å². The number of hydrogen-bond acceptors (Lipinski definition) is 7. The minimum atomic E-state index is 0.223. The number of nitrogen functional groups attached to an aromatic ring is 1. The third-order valence-electron chi connectivity index (χ3n) is 3.70. The van der Waals surface area contributed by atoms with E-state index in [4.69, 9.17) is 10.5 Å². The standard InChI is InChI=1S/C19H21N5O2/c1-26-12-16-9-15(23-19(20)24-16)11-21-10-14-5-3-7-18(22-14)13-4-2-6-17(25)8-13/h2-9,21,25H,10-12H2,1H3,(H2,20,23,24). The number of phenols is 1. The minimum absolute atomic E-state index is 0.223. The Labute approximate surface area is 151 Å². The highest BCUT2D eigenvalue weighted by Gasteiger charge is 2.05. The molecule has 2 heterocycles. The van der Waals surface area contributed by atoms with Gasteiger partial charge in [0.2, 0.25) is 5.95 Å². The van der Waals surface area contributed by atoms with Crippen LogP contribution in [0.3, 0.4) is 0 Å². The van der Waals surface area contributed by atoms with E-state index < -0.39 is 0 Å². The Bertz CT molecular complexity index is 885. The quantitative estimate of drug-likeness (QED) is 0.599.